The maximum atomic E-state index is 13.0. The largest absolute Gasteiger partial charge is 0.352 e. The number of aryl methyl sites for hydroxylation is 5. The van der Waals surface area contributed by atoms with Crippen LogP contribution >= 0.6 is 12.2 Å². The number of pyridine rings is 1. The van der Waals surface area contributed by atoms with E-state index in [0.29, 0.717) is 18.1 Å². The fourth-order valence-electron chi connectivity index (χ4n) is 6.11. The number of benzene rings is 2. The van der Waals surface area contributed by atoms with E-state index in [1.165, 1.54) is 33.6 Å². The summed E-state index contributed by atoms with van der Waals surface area (Å²) in [5, 5.41) is 7.20. The SMILES string of the molecule is Cc1cccc(NC(=O)CCN2C(=S)N[C@@H](c3ccccn3)[C@@H]2c2cc(C)n(-c3c(C)cc(C)cc3C)c2C)c1. The Bertz CT molecular complexity index is 1550. The van der Waals surface area contributed by atoms with Gasteiger partial charge in [0.05, 0.1) is 23.5 Å². The zero-order valence-corrected chi connectivity index (χ0v) is 24.9. The lowest BCUT2D eigenvalue weighted by Gasteiger charge is -2.28. The van der Waals surface area contributed by atoms with Gasteiger partial charge in [0.2, 0.25) is 5.91 Å². The van der Waals surface area contributed by atoms with Crippen molar-refractivity contribution >= 4 is 28.9 Å². The molecule has 2 aromatic carbocycles. The summed E-state index contributed by atoms with van der Waals surface area (Å²) >= 11 is 5.87. The highest BCUT2D eigenvalue weighted by atomic mass is 32.1. The van der Waals surface area contributed by atoms with Gasteiger partial charge in [0.25, 0.3) is 0 Å². The Kier molecular flexibility index (Phi) is 7.76. The van der Waals surface area contributed by atoms with Crippen molar-refractivity contribution in [3.05, 3.63) is 112 Å². The first-order valence-electron chi connectivity index (χ1n) is 13.8. The third-order valence-electron chi connectivity index (χ3n) is 7.73. The van der Waals surface area contributed by atoms with Crippen LogP contribution in [0, 0.1) is 41.5 Å². The van der Waals surface area contributed by atoms with E-state index in [4.69, 9.17) is 12.2 Å². The fraction of sp³-hybridized carbons (Fsp3) is 0.303. The van der Waals surface area contributed by atoms with Gasteiger partial charge in [-0.25, -0.2) is 0 Å². The Labute approximate surface area is 242 Å². The van der Waals surface area contributed by atoms with Crippen LogP contribution in [0.2, 0.25) is 0 Å². The summed E-state index contributed by atoms with van der Waals surface area (Å²) in [6.07, 6.45) is 2.13. The average Bonchev–Trinajstić information content (AvgIpc) is 3.38. The van der Waals surface area contributed by atoms with Crippen molar-refractivity contribution in [1.29, 1.82) is 0 Å². The Morgan fingerprint density at radius 3 is 2.38 bits per heavy atom. The van der Waals surface area contributed by atoms with Crippen molar-refractivity contribution < 1.29 is 4.79 Å². The van der Waals surface area contributed by atoms with Gasteiger partial charge in [-0.2, -0.15) is 0 Å². The minimum Gasteiger partial charge on any atom is -0.352 e. The molecule has 5 rings (SSSR count). The zero-order chi connectivity index (χ0) is 28.6. The van der Waals surface area contributed by atoms with Crippen LogP contribution in [-0.2, 0) is 4.79 Å². The van der Waals surface area contributed by atoms with Gasteiger partial charge in [0.1, 0.15) is 0 Å². The lowest BCUT2D eigenvalue weighted by molar-refractivity contribution is -0.116. The predicted octanol–water partition coefficient (Wildman–Crippen LogP) is 6.72. The molecule has 1 aliphatic rings. The number of nitrogens with zero attached hydrogens (tertiary/aromatic N) is 3. The summed E-state index contributed by atoms with van der Waals surface area (Å²) in [5.41, 5.74) is 11.3. The van der Waals surface area contributed by atoms with Crippen LogP contribution in [0.25, 0.3) is 5.69 Å². The molecule has 0 radical (unpaired) electrons. The van der Waals surface area contributed by atoms with E-state index in [2.05, 4.69) is 77.9 Å². The third kappa shape index (κ3) is 5.39. The molecule has 0 spiro atoms. The van der Waals surface area contributed by atoms with Crippen molar-refractivity contribution in [2.75, 3.05) is 11.9 Å². The molecule has 0 bridgehead atoms. The van der Waals surface area contributed by atoms with E-state index >= 15 is 0 Å². The molecule has 0 saturated carbocycles. The fourth-order valence-corrected chi connectivity index (χ4v) is 6.44. The van der Waals surface area contributed by atoms with E-state index in [-0.39, 0.29) is 18.0 Å². The number of nitrogens with one attached hydrogen (secondary N) is 2. The number of amides is 1. The molecule has 2 aromatic heterocycles. The molecule has 1 saturated heterocycles. The van der Waals surface area contributed by atoms with Crippen LogP contribution in [-0.4, -0.2) is 32.0 Å². The second-order valence-corrected chi connectivity index (χ2v) is 11.3. The number of carbonyl (C=O) groups excluding carboxylic acids is 1. The maximum absolute atomic E-state index is 13.0. The summed E-state index contributed by atoms with van der Waals surface area (Å²) in [5.74, 6) is -0.0372. The average molecular weight is 552 g/mol. The molecule has 2 atom stereocenters. The van der Waals surface area contributed by atoms with Gasteiger partial charge >= 0.3 is 0 Å². The molecule has 1 amide bonds. The Morgan fingerprint density at radius 2 is 1.70 bits per heavy atom. The summed E-state index contributed by atoms with van der Waals surface area (Å²) in [4.78, 5) is 19.8. The lowest BCUT2D eigenvalue weighted by Crippen LogP contribution is -2.32. The Hall–Kier alpha value is -3.97. The second kappa shape index (κ2) is 11.3. The van der Waals surface area contributed by atoms with E-state index in [9.17, 15) is 4.79 Å². The molecule has 1 fully saturated rings. The number of hydrogen-bond acceptors (Lipinski definition) is 3. The van der Waals surface area contributed by atoms with E-state index in [1.54, 1.807) is 0 Å². The van der Waals surface area contributed by atoms with Crippen LogP contribution in [0.5, 0.6) is 0 Å². The molecule has 4 aromatic rings. The number of anilines is 1. The normalized spacial score (nSPS) is 16.8. The highest BCUT2D eigenvalue weighted by Crippen LogP contribution is 2.42. The molecule has 206 valence electrons. The summed E-state index contributed by atoms with van der Waals surface area (Å²) < 4.78 is 2.36. The highest BCUT2D eigenvalue weighted by Gasteiger charge is 2.41. The van der Waals surface area contributed by atoms with Gasteiger partial charge in [0.15, 0.2) is 5.11 Å². The maximum Gasteiger partial charge on any atom is 0.226 e. The Balaban J connectivity index is 1.51. The number of thiocarbonyl (C=S) groups is 1. The minimum atomic E-state index is -0.136. The molecule has 3 heterocycles. The summed E-state index contributed by atoms with van der Waals surface area (Å²) in [7, 11) is 0. The smallest absolute Gasteiger partial charge is 0.226 e. The number of aromatic nitrogens is 2. The van der Waals surface area contributed by atoms with Gasteiger partial charge in [-0.15, -0.1) is 0 Å². The number of carbonyl (C=O) groups is 1. The molecule has 7 heteroatoms. The van der Waals surface area contributed by atoms with Gasteiger partial charge < -0.3 is 20.1 Å². The lowest BCUT2D eigenvalue weighted by atomic mass is 9.96. The van der Waals surface area contributed by atoms with Crippen molar-refractivity contribution in [2.24, 2.45) is 0 Å². The third-order valence-corrected chi connectivity index (χ3v) is 8.08. The van der Waals surface area contributed by atoms with Crippen LogP contribution < -0.4 is 10.6 Å². The van der Waals surface area contributed by atoms with E-state index < -0.39 is 0 Å². The monoisotopic (exact) mass is 551 g/mol. The number of rotatable bonds is 7. The molecule has 0 unspecified atom stereocenters. The first kappa shape index (κ1) is 27.6. The first-order chi connectivity index (χ1) is 19.1. The topological polar surface area (TPSA) is 62.2 Å². The Morgan fingerprint density at radius 1 is 0.950 bits per heavy atom. The van der Waals surface area contributed by atoms with Crippen molar-refractivity contribution in [2.45, 2.75) is 60.0 Å². The predicted molar refractivity (Wildman–Crippen MR) is 166 cm³/mol. The van der Waals surface area contributed by atoms with Gasteiger partial charge in [-0.3, -0.25) is 9.78 Å². The van der Waals surface area contributed by atoms with Crippen LogP contribution in [0.1, 0.15) is 63.4 Å². The molecule has 0 aliphatic carbocycles. The quantitative estimate of drug-likeness (QED) is 0.250. The molecule has 2 N–H and O–H groups in total. The van der Waals surface area contributed by atoms with Crippen molar-refractivity contribution in [3.63, 3.8) is 0 Å². The number of hydrogen-bond donors (Lipinski definition) is 2. The van der Waals surface area contributed by atoms with Gasteiger partial charge in [-0.1, -0.05) is 35.9 Å². The van der Waals surface area contributed by atoms with Gasteiger partial charge in [-0.05, 0) is 106 Å². The summed E-state index contributed by atoms with van der Waals surface area (Å²) in [6, 6.07) is 20.3. The van der Waals surface area contributed by atoms with E-state index in [1.807, 2.05) is 55.6 Å². The second-order valence-electron chi connectivity index (χ2n) is 10.9. The highest BCUT2D eigenvalue weighted by molar-refractivity contribution is 7.80. The molecule has 1 aliphatic heterocycles. The van der Waals surface area contributed by atoms with Gasteiger partial charge in [0, 0.05) is 36.2 Å². The van der Waals surface area contributed by atoms with Crippen LogP contribution in [0.3, 0.4) is 0 Å². The van der Waals surface area contributed by atoms with Crippen molar-refractivity contribution in [1.82, 2.24) is 19.8 Å². The zero-order valence-electron chi connectivity index (χ0n) is 24.1. The molecule has 6 nitrogen and oxygen atoms in total. The summed E-state index contributed by atoms with van der Waals surface area (Å²) in [6.45, 7) is 13.3. The molecular formula is C33H37N5OS. The first-order valence-corrected chi connectivity index (χ1v) is 14.2. The van der Waals surface area contributed by atoms with Crippen molar-refractivity contribution in [3.8, 4) is 5.69 Å². The standard InChI is InChI=1S/C33H37N5OS/c1-20-10-9-11-26(18-20)35-29(39)13-15-37-32(30(36-33(37)40)28-12-7-8-14-34-28)27-19-24(5)38(25(27)6)31-22(3)16-21(2)17-23(31)4/h7-12,14,16-19,30,32H,13,15H2,1-6H3,(H,35,39)(H,36,40)/t30-,32-/m0/s1. The van der Waals surface area contributed by atoms with Crippen LogP contribution in [0.15, 0.2) is 66.9 Å². The molecular weight excluding hydrogens is 514 g/mol. The van der Waals surface area contributed by atoms with E-state index in [0.717, 1.165) is 22.6 Å². The van der Waals surface area contributed by atoms with Crippen LogP contribution in [0.4, 0.5) is 5.69 Å². The molecule has 40 heavy (non-hydrogen) atoms. The minimum absolute atomic E-state index is 0.0372.